The van der Waals surface area contributed by atoms with E-state index in [0.717, 1.165) is 12.5 Å². The molecule has 0 aliphatic heterocycles. The molecule has 0 unspecified atom stereocenters. The zero-order chi connectivity index (χ0) is 12.3. The molecule has 0 heterocycles. The Kier molecular flexibility index (Phi) is 3.88. The van der Waals surface area contributed by atoms with E-state index in [9.17, 15) is 0 Å². The maximum Gasteiger partial charge on any atom is 0.00831 e. The zero-order valence-corrected chi connectivity index (χ0v) is 11.4. The average Bonchev–Trinajstić information content (AvgIpc) is 2.29. The molecule has 1 aliphatic carbocycles. The van der Waals surface area contributed by atoms with Crippen LogP contribution in [0.25, 0.3) is 0 Å². The van der Waals surface area contributed by atoms with Gasteiger partial charge in [0, 0.05) is 18.0 Å². The second kappa shape index (κ2) is 5.22. The summed E-state index contributed by atoms with van der Waals surface area (Å²) in [5.41, 5.74) is 1.93. The molecule has 0 spiro atoms. The van der Waals surface area contributed by atoms with Crippen molar-refractivity contribution in [1.82, 2.24) is 5.32 Å². The van der Waals surface area contributed by atoms with E-state index < -0.39 is 0 Å². The van der Waals surface area contributed by atoms with Gasteiger partial charge in [-0.2, -0.15) is 0 Å². The van der Waals surface area contributed by atoms with Crippen LogP contribution in [0.3, 0.4) is 0 Å². The molecule has 0 saturated heterocycles. The van der Waals surface area contributed by atoms with Crippen molar-refractivity contribution in [3.8, 4) is 0 Å². The van der Waals surface area contributed by atoms with Crippen LogP contribution >= 0.6 is 0 Å². The van der Waals surface area contributed by atoms with Gasteiger partial charge in [-0.05, 0) is 24.3 Å². The highest BCUT2D eigenvalue weighted by Gasteiger charge is 2.44. The zero-order valence-electron chi connectivity index (χ0n) is 11.4. The number of rotatable bonds is 5. The Bertz CT molecular complexity index is 336. The summed E-state index contributed by atoms with van der Waals surface area (Å²) >= 11 is 0. The van der Waals surface area contributed by atoms with Crippen molar-refractivity contribution in [2.45, 2.75) is 51.5 Å². The van der Waals surface area contributed by atoms with Crippen LogP contribution in [-0.4, -0.2) is 12.6 Å². The molecule has 1 nitrogen and oxygen atoms in total. The van der Waals surface area contributed by atoms with E-state index in [2.05, 4.69) is 56.4 Å². The van der Waals surface area contributed by atoms with Crippen molar-refractivity contribution in [3.05, 3.63) is 35.9 Å². The fourth-order valence-corrected chi connectivity index (χ4v) is 3.01. The Morgan fingerprint density at radius 3 is 2.41 bits per heavy atom. The molecular weight excluding hydrogens is 206 g/mol. The van der Waals surface area contributed by atoms with Gasteiger partial charge in [0.2, 0.25) is 0 Å². The molecule has 1 aliphatic rings. The van der Waals surface area contributed by atoms with Gasteiger partial charge in [-0.25, -0.2) is 0 Å². The van der Waals surface area contributed by atoms with E-state index in [0.29, 0.717) is 11.5 Å². The summed E-state index contributed by atoms with van der Waals surface area (Å²) in [4.78, 5) is 0. The molecule has 1 aromatic carbocycles. The summed E-state index contributed by atoms with van der Waals surface area (Å²) in [5, 5.41) is 3.63. The van der Waals surface area contributed by atoms with Crippen molar-refractivity contribution < 1.29 is 0 Å². The first-order valence-corrected chi connectivity index (χ1v) is 6.95. The minimum atomic E-state index is 0.409. The van der Waals surface area contributed by atoms with Crippen LogP contribution in [0, 0.1) is 5.92 Å². The second-order valence-corrected chi connectivity index (χ2v) is 5.86. The monoisotopic (exact) mass is 231 g/mol. The normalized spacial score (nSPS) is 28.1. The highest BCUT2D eigenvalue weighted by Crippen LogP contribution is 2.48. The summed E-state index contributed by atoms with van der Waals surface area (Å²) in [7, 11) is 0. The SMILES string of the molecule is CCC1CC(CNC(C)C)(c2ccccc2)C1. The van der Waals surface area contributed by atoms with E-state index in [4.69, 9.17) is 0 Å². The maximum absolute atomic E-state index is 3.63. The summed E-state index contributed by atoms with van der Waals surface area (Å²) in [5.74, 6) is 0.934. The van der Waals surface area contributed by atoms with E-state index >= 15 is 0 Å². The third-order valence-corrected chi connectivity index (χ3v) is 4.17. The van der Waals surface area contributed by atoms with Gasteiger partial charge in [0.1, 0.15) is 0 Å². The molecule has 0 bridgehead atoms. The molecule has 0 aromatic heterocycles. The van der Waals surface area contributed by atoms with Crippen LogP contribution in [0.15, 0.2) is 30.3 Å². The smallest absolute Gasteiger partial charge is 0.00831 e. The Morgan fingerprint density at radius 2 is 1.88 bits per heavy atom. The first-order valence-electron chi connectivity index (χ1n) is 6.95. The number of benzene rings is 1. The summed E-state index contributed by atoms with van der Waals surface area (Å²) in [6.45, 7) is 7.91. The Balaban J connectivity index is 2.09. The predicted octanol–water partition coefficient (Wildman–Crippen LogP) is 3.74. The molecule has 0 atom stereocenters. The van der Waals surface area contributed by atoms with Crippen molar-refractivity contribution in [2.75, 3.05) is 6.54 Å². The van der Waals surface area contributed by atoms with E-state index in [1.165, 1.54) is 24.8 Å². The molecular formula is C16H25N. The third kappa shape index (κ3) is 2.71. The minimum Gasteiger partial charge on any atom is -0.314 e. The fraction of sp³-hybridized carbons (Fsp3) is 0.625. The maximum atomic E-state index is 3.63. The van der Waals surface area contributed by atoms with Gasteiger partial charge in [0.05, 0.1) is 0 Å². The van der Waals surface area contributed by atoms with Crippen LogP contribution in [0.5, 0.6) is 0 Å². The third-order valence-electron chi connectivity index (χ3n) is 4.17. The second-order valence-electron chi connectivity index (χ2n) is 5.86. The summed E-state index contributed by atoms with van der Waals surface area (Å²) in [6.07, 6.45) is 4.04. The number of nitrogens with one attached hydrogen (secondary N) is 1. The van der Waals surface area contributed by atoms with Crippen LogP contribution in [0.4, 0.5) is 0 Å². The van der Waals surface area contributed by atoms with Gasteiger partial charge in [0.15, 0.2) is 0 Å². The molecule has 2 rings (SSSR count). The van der Waals surface area contributed by atoms with Crippen LogP contribution in [0.1, 0.15) is 45.6 Å². The van der Waals surface area contributed by atoms with Gasteiger partial charge in [-0.3, -0.25) is 0 Å². The summed E-state index contributed by atoms with van der Waals surface area (Å²) < 4.78 is 0. The quantitative estimate of drug-likeness (QED) is 0.814. The lowest BCUT2D eigenvalue weighted by Crippen LogP contribution is -2.49. The van der Waals surface area contributed by atoms with Crippen molar-refractivity contribution in [1.29, 1.82) is 0 Å². The van der Waals surface area contributed by atoms with Gasteiger partial charge in [-0.1, -0.05) is 57.5 Å². The van der Waals surface area contributed by atoms with Crippen LogP contribution in [0.2, 0.25) is 0 Å². The molecule has 17 heavy (non-hydrogen) atoms. The molecule has 0 radical (unpaired) electrons. The van der Waals surface area contributed by atoms with Gasteiger partial charge in [0.25, 0.3) is 0 Å². The first kappa shape index (κ1) is 12.6. The Labute approximate surface area is 106 Å². The lowest BCUT2D eigenvalue weighted by molar-refractivity contribution is 0.131. The molecule has 1 N–H and O–H groups in total. The Morgan fingerprint density at radius 1 is 1.24 bits per heavy atom. The number of hydrogen-bond acceptors (Lipinski definition) is 1. The summed E-state index contributed by atoms with van der Waals surface area (Å²) in [6, 6.07) is 11.6. The minimum absolute atomic E-state index is 0.409. The predicted molar refractivity (Wildman–Crippen MR) is 74.3 cm³/mol. The fourth-order valence-electron chi connectivity index (χ4n) is 3.01. The van der Waals surface area contributed by atoms with Gasteiger partial charge < -0.3 is 5.32 Å². The van der Waals surface area contributed by atoms with E-state index in [1.54, 1.807) is 0 Å². The molecule has 0 amide bonds. The van der Waals surface area contributed by atoms with Crippen LogP contribution in [-0.2, 0) is 5.41 Å². The molecule has 1 fully saturated rings. The molecule has 1 saturated carbocycles. The largest absolute Gasteiger partial charge is 0.314 e. The number of hydrogen-bond donors (Lipinski definition) is 1. The lowest BCUT2D eigenvalue weighted by Gasteiger charge is -2.49. The average molecular weight is 231 g/mol. The van der Waals surface area contributed by atoms with E-state index in [1.807, 2.05) is 0 Å². The van der Waals surface area contributed by atoms with Gasteiger partial charge in [-0.15, -0.1) is 0 Å². The lowest BCUT2D eigenvalue weighted by atomic mass is 9.58. The molecule has 94 valence electrons. The highest BCUT2D eigenvalue weighted by atomic mass is 14.9. The van der Waals surface area contributed by atoms with E-state index in [-0.39, 0.29) is 0 Å². The van der Waals surface area contributed by atoms with Gasteiger partial charge >= 0.3 is 0 Å². The highest BCUT2D eigenvalue weighted by molar-refractivity contribution is 5.29. The first-order chi connectivity index (χ1) is 8.16. The standard InChI is InChI=1S/C16H25N/c1-4-14-10-16(11-14,12-17-13(2)3)15-8-6-5-7-9-15/h5-9,13-14,17H,4,10-12H2,1-3H3. The topological polar surface area (TPSA) is 12.0 Å². The van der Waals surface area contributed by atoms with Crippen molar-refractivity contribution >= 4 is 0 Å². The van der Waals surface area contributed by atoms with Crippen LogP contribution < -0.4 is 5.32 Å². The Hall–Kier alpha value is -0.820. The molecule has 1 heteroatoms. The van der Waals surface area contributed by atoms with Crippen molar-refractivity contribution in [2.24, 2.45) is 5.92 Å². The molecule has 1 aromatic rings. The van der Waals surface area contributed by atoms with Crippen molar-refractivity contribution in [3.63, 3.8) is 0 Å².